The van der Waals surface area contributed by atoms with E-state index in [0.717, 1.165) is 16.6 Å². The fourth-order valence-electron chi connectivity index (χ4n) is 2.55. The number of anilines is 2. The van der Waals surface area contributed by atoms with Crippen molar-refractivity contribution in [1.29, 1.82) is 5.26 Å². The van der Waals surface area contributed by atoms with Crippen LogP contribution >= 0.6 is 15.9 Å². The molecule has 1 aromatic carbocycles. The van der Waals surface area contributed by atoms with Crippen LogP contribution in [0.4, 0.5) is 15.9 Å². The minimum absolute atomic E-state index is 0.262. The van der Waals surface area contributed by atoms with Crippen molar-refractivity contribution in [2.75, 3.05) is 17.6 Å². The fourth-order valence-corrected chi connectivity index (χ4v) is 2.92. The molecule has 0 bridgehead atoms. The van der Waals surface area contributed by atoms with Gasteiger partial charge in [-0.05, 0) is 59.1 Å². The summed E-state index contributed by atoms with van der Waals surface area (Å²) in [5.74, 6) is -0.0772. The van der Waals surface area contributed by atoms with E-state index in [-0.39, 0.29) is 11.6 Å². The third kappa shape index (κ3) is 4.00. The van der Waals surface area contributed by atoms with E-state index in [0.29, 0.717) is 29.9 Å². The molecule has 0 spiro atoms. The van der Waals surface area contributed by atoms with Crippen LogP contribution in [-0.2, 0) is 6.42 Å². The molecule has 0 aliphatic heterocycles. The van der Waals surface area contributed by atoms with E-state index in [9.17, 15) is 9.65 Å². The van der Waals surface area contributed by atoms with E-state index in [1.165, 1.54) is 16.8 Å². The summed E-state index contributed by atoms with van der Waals surface area (Å²) in [4.78, 5) is 4.09. The number of aryl methyl sites for hydroxylation is 1. The highest BCUT2D eigenvalue weighted by Gasteiger charge is 2.16. The molecule has 132 valence electrons. The molecule has 8 heteroatoms. The topological polar surface area (TPSA) is 92.5 Å². The molecule has 0 unspecified atom stereocenters. The summed E-state index contributed by atoms with van der Waals surface area (Å²) in [5, 5.41) is 17.1. The summed E-state index contributed by atoms with van der Waals surface area (Å²) in [5.41, 5.74) is 8.57. The molecule has 0 fully saturated rings. The van der Waals surface area contributed by atoms with Crippen LogP contribution in [0.2, 0.25) is 0 Å². The molecule has 0 atom stereocenters. The van der Waals surface area contributed by atoms with Crippen molar-refractivity contribution in [3.8, 4) is 11.8 Å². The number of aromatic nitrogens is 3. The van der Waals surface area contributed by atoms with Gasteiger partial charge in [0.05, 0.1) is 23.3 Å². The van der Waals surface area contributed by atoms with Gasteiger partial charge in [0.1, 0.15) is 23.3 Å². The minimum atomic E-state index is -0.340. The standard InChI is InChI=1S/C18H16BrFN6/c19-12-8-14(11-23-10-12)24-7-1-2-17-16(9-21)18(22)26(25-17)15-5-3-13(20)4-6-15/h3-6,8,10-11,24H,1-2,7,22H2. The number of hydrogen-bond donors (Lipinski definition) is 2. The Hall–Kier alpha value is -2.92. The summed E-state index contributed by atoms with van der Waals surface area (Å²) < 4.78 is 15.5. The Labute approximate surface area is 158 Å². The summed E-state index contributed by atoms with van der Waals surface area (Å²) in [6.45, 7) is 0.701. The van der Waals surface area contributed by atoms with E-state index in [4.69, 9.17) is 5.73 Å². The van der Waals surface area contributed by atoms with Crippen LogP contribution in [0.3, 0.4) is 0 Å². The fraction of sp³-hybridized carbons (Fsp3) is 0.167. The number of pyridine rings is 1. The number of benzene rings is 1. The molecule has 3 N–H and O–H groups in total. The average molecular weight is 415 g/mol. The molecule has 0 saturated heterocycles. The molecule has 0 aliphatic carbocycles. The second kappa shape index (κ2) is 7.97. The highest BCUT2D eigenvalue weighted by Crippen LogP contribution is 2.22. The maximum atomic E-state index is 13.1. The first-order valence-electron chi connectivity index (χ1n) is 7.96. The second-order valence-electron chi connectivity index (χ2n) is 5.63. The van der Waals surface area contributed by atoms with Gasteiger partial charge >= 0.3 is 0 Å². The quantitative estimate of drug-likeness (QED) is 0.600. The zero-order valence-electron chi connectivity index (χ0n) is 13.8. The Morgan fingerprint density at radius 1 is 1.27 bits per heavy atom. The maximum absolute atomic E-state index is 13.1. The zero-order valence-corrected chi connectivity index (χ0v) is 15.4. The Morgan fingerprint density at radius 2 is 2.04 bits per heavy atom. The normalized spacial score (nSPS) is 10.5. The Bertz CT molecular complexity index is 945. The van der Waals surface area contributed by atoms with Crippen molar-refractivity contribution >= 4 is 27.4 Å². The van der Waals surface area contributed by atoms with Crippen molar-refractivity contribution in [2.45, 2.75) is 12.8 Å². The maximum Gasteiger partial charge on any atom is 0.145 e. The van der Waals surface area contributed by atoms with Gasteiger partial charge in [-0.25, -0.2) is 9.07 Å². The smallest absolute Gasteiger partial charge is 0.145 e. The van der Waals surface area contributed by atoms with Crippen LogP contribution in [-0.4, -0.2) is 21.3 Å². The molecular formula is C18H16BrFN6. The van der Waals surface area contributed by atoms with Crippen LogP contribution in [0.5, 0.6) is 0 Å². The predicted molar refractivity (Wildman–Crippen MR) is 101 cm³/mol. The first kappa shape index (κ1) is 17.9. The Balaban J connectivity index is 1.69. The molecule has 3 aromatic rings. The molecule has 0 aliphatic rings. The number of nitrogen functional groups attached to an aromatic ring is 1. The summed E-state index contributed by atoms with van der Waals surface area (Å²) in [7, 11) is 0. The summed E-state index contributed by atoms with van der Waals surface area (Å²) in [6, 6.07) is 9.86. The van der Waals surface area contributed by atoms with Gasteiger partial charge in [0.2, 0.25) is 0 Å². The first-order valence-corrected chi connectivity index (χ1v) is 8.75. The van der Waals surface area contributed by atoms with Crippen LogP contribution in [0.15, 0.2) is 47.2 Å². The number of rotatable bonds is 6. The van der Waals surface area contributed by atoms with E-state index in [1.807, 2.05) is 6.07 Å². The lowest BCUT2D eigenvalue weighted by atomic mass is 10.1. The van der Waals surface area contributed by atoms with Crippen molar-refractivity contribution in [1.82, 2.24) is 14.8 Å². The monoisotopic (exact) mass is 414 g/mol. The minimum Gasteiger partial charge on any atom is -0.384 e. The third-order valence-corrected chi connectivity index (χ3v) is 4.23. The zero-order chi connectivity index (χ0) is 18.5. The lowest BCUT2D eigenvalue weighted by molar-refractivity contribution is 0.627. The number of nitrogens with one attached hydrogen (secondary N) is 1. The van der Waals surface area contributed by atoms with Crippen LogP contribution in [0.1, 0.15) is 17.7 Å². The predicted octanol–water partition coefficient (Wildman–Crippen LogP) is 3.67. The molecular weight excluding hydrogens is 399 g/mol. The Morgan fingerprint density at radius 3 is 2.73 bits per heavy atom. The molecule has 26 heavy (non-hydrogen) atoms. The van der Waals surface area contributed by atoms with Crippen LogP contribution in [0, 0.1) is 17.1 Å². The van der Waals surface area contributed by atoms with E-state index in [2.05, 4.69) is 37.4 Å². The molecule has 0 amide bonds. The van der Waals surface area contributed by atoms with Gasteiger partial charge in [-0.15, -0.1) is 0 Å². The van der Waals surface area contributed by atoms with Crippen molar-refractivity contribution in [3.63, 3.8) is 0 Å². The molecule has 3 rings (SSSR count). The van der Waals surface area contributed by atoms with Gasteiger partial charge in [0, 0.05) is 17.2 Å². The summed E-state index contributed by atoms with van der Waals surface area (Å²) >= 11 is 3.38. The third-order valence-electron chi connectivity index (χ3n) is 3.80. The SMILES string of the molecule is N#Cc1c(CCCNc2cncc(Br)c2)nn(-c2ccc(F)cc2)c1N. The van der Waals surface area contributed by atoms with Gasteiger partial charge < -0.3 is 11.1 Å². The molecule has 2 aromatic heterocycles. The lowest BCUT2D eigenvalue weighted by Crippen LogP contribution is -2.04. The van der Waals surface area contributed by atoms with Gasteiger partial charge in [-0.2, -0.15) is 10.4 Å². The van der Waals surface area contributed by atoms with Gasteiger partial charge in [-0.1, -0.05) is 0 Å². The average Bonchev–Trinajstić information content (AvgIpc) is 2.95. The molecule has 0 saturated carbocycles. The van der Waals surface area contributed by atoms with Crippen LogP contribution < -0.4 is 11.1 Å². The van der Waals surface area contributed by atoms with E-state index in [1.54, 1.807) is 24.5 Å². The van der Waals surface area contributed by atoms with Crippen molar-refractivity contribution < 1.29 is 4.39 Å². The molecule has 6 nitrogen and oxygen atoms in total. The van der Waals surface area contributed by atoms with Gasteiger partial charge in [0.15, 0.2) is 0 Å². The molecule has 2 heterocycles. The van der Waals surface area contributed by atoms with Gasteiger partial charge in [0.25, 0.3) is 0 Å². The van der Waals surface area contributed by atoms with Crippen molar-refractivity contribution in [2.24, 2.45) is 0 Å². The van der Waals surface area contributed by atoms with E-state index < -0.39 is 0 Å². The number of nitrogens with zero attached hydrogens (tertiary/aromatic N) is 4. The number of nitrogens with two attached hydrogens (primary N) is 1. The lowest BCUT2D eigenvalue weighted by Gasteiger charge is -2.05. The highest BCUT2D eigenvalue weighted by atomic mass is 79.9. The number of halogens is 2. The summed E-state index contributed by atoms with van der Waals surface area (Å²) in [6.07, 6.45) is 4.82. The Kier molecular flexibility index (Phi) is 5.49. The number of hydrogen-bond acceptors (Lipinski definition) is 5. The van der Waals surface area contributed by atoms with Gasteiger partial charge in [-0.3, -0.25) is 4.98 Å². The van der Waals surface area contributed by atoms with Crippen LogP contribution in [0.25, 0.3) is 5.69 Å². The van der Waals surface area contributed by atoms with E-state index >= 15 is 0 Å². The largest absolute Gasteiger partial charge is 0.384 e. The molecule has 0 radical (unpaired) electrons. The van der Waals surface area contributed by atoms with Crippen molar-refractivity contribution in [3.05, 3.63) is 64.3 Å². The highest BCUT2D eigenvalue weighted by molar-refractivity contribution is 9.10. The second-order valence-corrected chi connectivity index (χ2v) is 6.54. The number of nitriles is 1. The first-order chi connectivity index (χ1) is 12.6.